The largest absolute Gasteiger partial charge is 0.508 e. The number of hydrogen-bond donors (Lipinski definition) is 3. The highest BCUT2D eigenvalue weighted by atomic mass is 16.6. The number of nitrogens with zero attached hydrogens (tertiary/aromatic N) is 1. The number of carbonyl (C=O) groups is 1. The number of amides is 1. The lowest BCUT2D eigenvalue weighted by Gasteiger charge is -2.21. The molecule has 1 amide bonds. The van der Waals surface area contributed by atoms with Crippen molar-refractivity contribution in [1.29, 1.82) is 0 Å². The van der Waals surface area contributed by atoms with Gasteiger partial charge < -0.3 is 16.2 Å². The lowest BCUT2D eigenvalue weighted by Crippen LogP contribution is -2.37. The average molecular weight is 253 g/mol. The summed E-state index contributed by atoms with van der Waals surface area (Å²) in [4.78, 5) is 22.0. The topological polar surface area (TPSA) is 118 Å². The Morgan fingerprint density at radius 1 is 1.56 bits per heavy atom. The molecule has 0 unspecified atom stereocenters. The molecule has 0 aliphatic heterocycles. The number of benzene rings is 1. The van der Waals surface area contributed by atoms with E-state index in [2.05, 4.69) is 5.32 Å². The van der Waals surface area contributed by atoms with Crippen LogP contribution >= 0.6 is 0 Å². The SMILES string of the molecule is CC(C)(CN)C(=O)Nc1ccc(O)cc1[N+](=O)[O-]. The molecule has 0 spiro atoms. The quantitative estimate of drug-likeness (QED) is 0.423. The van der Waals surface area contributed by atoms with Crippen LogP contribution in [0.4, 0.5) is 11.4 Å². The van der Waals surface area contributed by atoms with Crippen LogP contribution in [0.15, 0.2) is 18.2 Å². The summed E-state index contributed by atoms with van der Waals surface area (Å²) in [5, 5.41) is 22.4. The molecule has 98 valence electrons. The average Bonchev–Trinajstić information content (AvgIpc) is 2.31. The van der Waals surface area contributed by atoms with Gasteiger partial charge in [0.15, 0.2) is 0 Å². The summed E-state index contributed by atoms with van der Waals surface area (Å²) in [6.45, 7) is 3.38. The van der Waals surface area contributed by atoms with Crippen molar-refractivity contribution in [2.75, 3.05) is 11.9 Å². The Morgan fingerprint density at radius 2 is 2.17 bits per heavy atom. The molecular formula is C11H15N3O4. The first kappa shape index (κ1) is 13.9. The highest BCUT2D eigenvalue weighted by molar-refractivity contribution is 5.96. The van der Waals surface area contributed by atoms with E-state index in [4.69, 9.17) is 5.73 Å². The molecule has 0 aromatic heterocycles. The van der Waals surface area contributed by atoms with Crippen molar-refractivity contribution in [3.05, 3.63) is 28.3 Å². The number of phenolic OH excluding ortho intramolecular Hbond substituents is 1. The van der Waals surface area contributed by atoms with Crippen molar-refractivity contribution >= 4 is 17.3 Å². The lowest BCUT2D eigenvalue weighted by atomic mass is 9.92. The molecule has 0 fully saturated rings. The molecule has 7 heteroatoms. The van der Waals surface area contributed by atoms with Crippen molar-refractivity contribution in [1.82, 2.24) is 0 Å². The van der Waals surface area contributed by atoms with Gasteiger partial charge >= 0.3 is 0 Å². The third kappa shape index (κ3) is 2.95. The van der Waals surface area contributed by atoms with Gasteiger partial charge in [0.1, 0.15) is 11.4 Å². The summed E-state index contributed by atoms with van der Waals surface area (Å²) < 4.78 is 0. The number of anilines is 1. The number of nitrogens with one attached hydrogen (secondary N) is 1. The van der Waals surface area contributed by atoms with Gasteiger partial charge in [-0.2, -0.15) is 0 Å². The van der Waals surface area contributed by atoms with E-state index in [0.29, 0.717) is 0 Å². The zero-order valence-corrected chi connectivity index (χ0v) is 10.1. The third-order valence-electron chi connectivity index (χ3n) is 2.55. The maximum Gasteiger partial charge on any atom is 0.296 e. The molecule has 4 N–H and O–H groups in total. The first-order chi connectivity index (χ1) is 8.27. The minimum Gasteiger partial charge on any atom is -0.508 e. The van der Waals surface area contributed by atoms with Crippen LogP contribution in [-0.4, -0.2) is 22.5 Å². The Bertz CT molecular complexity index is 485. The van der Waals surface area contributed by atoms with Crippen molar-refractivity contribution < 1.29 is 14.8 Å². The summed E-state index contributed by atoms with van der Waals surface area (Å²) in [6, 6.07) is 3.51. The Hall–Kier alpha value is -2.15. The van der Waals surface area contributed by atoms with Crippen LogP contribution in [0.3, 0.4) is 0 Å². The van der Waals surface area contributed by atoms with Gasteiger partial charge in [0.2, 0.25) is 5.91 Å². The van der Waals surface area contributed by atoms with Crippen molar-refractivity contribution in [2.24, 2.45) is 11.1 Å². The lowest BCUT2D eigenvalue weighted by molar-refractivity contribution is -0.384. The molecule has 0 saturated carbocycles. The van der Waals surface area contributed by atoms with Crippen LogP contribution in [0.25, 0.3) is 0 Å². The number of phenols is 1. The fraction of sp³-hybridized carbons (Fsp3) is 0.364. The number of carbonyl (C=O) groups excluding carboxylic acids is 1. The van der Waals surface area contributed by atoms with E-state index < -0.39 is 16.2 Å². The Labute approximate surface area is 104 Å². The molecule has 1 aromatic rings. The van der Waals surface area contributed by atoms with Gasteiger partial charge in [-0.25, -0.2) is 0 Å². The smallest absolute Gasteiger partial charge is 0.296 e. The molecule has 0 bridgehead atoms. The van der Waals surface area contributed by atoms with Crippen LogP contribution in [-0.2, 0) is 4.79 Å². The van der Waals surface area contributed by atoms with Crippen LogP contribution in [0.5, 0.6) is 5.75 Å². The summed E-state index contributed by atoms with van der Waals surface area (Å²) >= 11 is 0. The highest BCUT2D eigenvalue weighted by Crippen LogP contribution is 2.29. The second-order valence-corrected chi connectivity index (χ2v) is 4.50. The van der Waals surface area contributed by atoms with Gasteiger partial charge in [-0.05, 0) is 26.0 Å². The summed E-state index contributed by atoms with van der Waals surface area (Å²) in [7, 11) is 0. The molecule has 7 nitrogen and oxygen atoms in total. The van der Waals surface area contributed by atoms with Crippen LogP contribution in [0, 0.1) is 15.5 Å². The summed E-state index contributed by atoms with van der Waals surface area (Å²) in [5.74, 6) is -0.656. The Kier molecular flexibility index (Phi) is 3.87. The van der Waals surface area contributed by atoms with Crippen LogP contribution < -0.4 is 11.1 Å². The first-order valence-corrected chi connectivity index (χ1v) is 5.27. The summed E-state index contributed by atoms with van der Waals surface area (Å²) in [5.41, 5.74) is 4.29. The maximum absolute atomic E-state index is 11.8. The fourth-order valence-electron chi connectivity index (χ4n) is 1.16. The molecule has 0 heterocycles. The first-order valence-electron chi connectivity index (χ1n) is 5.27. The zero-order chi connectivity index (χ0) is 13.9. The molecular weight excluding hydrogens is 238 g/mol. The van der Waals surface area contributed by atoms with E-state index >= 15 is 0 Å². The van der Waals surface area contributed by atoms with Gasteiger partial charge in [0, 0.05) is 6.54 Å². The molecule has 0 aliphatic carbocycles. The Morgan fingerprint density at radius 3 is 2.67 bits per heavy atom. The van der Waals surface area contributed by atoms with Gasteiger partial charge in [0.25, 0.3) is 5.69 Å². The van der Waals surface area contributed by atoms with Crippen molar-refractivity contribution in [3.8, 4) is 5.75 Å². The van der Waals surface area contributed by atoms with E-state index in [1.807, 2.05) is 0 Å². The molecule has 0 atom stereocenters. The molecule has 0 aliphatic rings. The van der Waals surface area contributed by atoms with E-state index in [9.17, 15) is 20.0 Å². The van der Waals surface area contributed by atoms with Gasteiger partial charge in [0.05, 0.1) is 16.4 Å². The van der Waals surface area contributed by atoms with Crippen molar-refractivity contribution in [3.63, 3.8) is 0 Å². The standard InChI is InChI=1S/C11H15N3O4/c1-11(2,6-12)10(16)13-8-4-3-7(15)5-9(8)14(17)18/h3-5,15H,6,12H2,1-2H3,(H,13,16). The second kappa shape index (κ2) is 5.01. The van der Waals surface area contributed by atoms with Crippen molar-refractivity contribution in [2.45, 2.75) is 13.8 Å². The predicted octanol–water partition coefficient (Wildman–Crippen LogP) is 1.22. The van der Waals surface area contributed by atoms with E-state index in [0.717, 1.165) is 6.07 Å². The summed E-state index contributed by atoms with van der Waals surface area (Å²) in [6.07, 6.45) is 0. The molecule has 18 heavy (non-hydrogen) atoms. The number of rotatable bonds is 4. The fourth-order valence-corrected chi connectivity index (χ4v) is 1.16. The predicted molar refractivity (Wildman–Crippen MR) is 66.2 cm³/mol. The van der Waals surface area contributed by atoms with Crippen LogP contribution in [0.2, 0.25) is 0 Å². The second-order valence-electron chi connectivity index (χ2n) is 4.50. The monoisotopic (exact) mass is 253 g/mol. The normalized spacial score (nSPS) is 11.1. The number of nitro benzene ring substituents is 1. The third-order valence-corrected chi connectivity index (χ3v) is 2.55. The van der Waals surface area contributed by atoms with E-state index in [1.54, 1.807) is 13.8 Å². The maximum atomic E-state index is 11.8. The highest BCUT2D eigenvalue weighted by Gasteiger charge is 2.28. The van der Waals surface area contributed by atoms with Gasteiger partial charge in [-0.1, -0.05) is 0 Å². The van der Waals surface area contributed by atoms with Gasteiger partial charge in [-0.3, -0.25) is 14.9 Å². The number of aromatic hydroxyl groups is 1. The molecule has 0 saturated heterocycles. The number of nitrogens with two attached hydrogens (primary N) is 1. The van der Waals surface area contributed by atoms with Crippen LogP contribution in [0.1, 0.15) is 13.8 Å². The molecule has 0 radical (unpaired) electrons. The number of hydrogen-bond acceptors (Lipinski definition) is 5. The minimum atomic E-state index is -0.828. The van der Waals surface area contributed by atoms with E-state index in [1.165, 1.54) is 12.1 Å². The Balaban J connectivity index is 3.05. The van der Waals surface area contributed by atoms with Gasteiger partial charge in [-0.15, -0.1) is 0 Å². The zero-order valence-electron chi connectivity index (χ0n) is 10.1. The number of nitro groups is 1. The van der Waals surface area contributed by atoms with E-state index in [-0.39, 0.29) is 23.7 Å². The molecule has 1 rings (SSSR count). The minimum absolute atomic E-state index is 0.0318. The molecule has 1 aromatic carbocycles.